The number of aromatic nitrogens is 1. The van der Waals surface area contributed by atoms with Crippen molar-refractivity contribution < 1.29 is 9.59 Å². The van der Waals surface area contributed by atoms with E-state index in [1.54, 1.807) is 0 Å². The van der Waals surface area contributed by atoms with E-state index in [4.69, 9.17) is 11.6 Å². The Kier molecular flexibility index (Phi) is 1.38. The summed E-state index contributed by atoms with van der Waals surface area (Å²) in [4.78, 5) is 25.7. The number of hydrogen-bond acceptors (Lipinski definition) is 3. The minimum atomic E-state index is -0.466. The van der Waals surface area contributed by atoms with Gasteiger partial charge in [-0.25, -0.2) is 4.98 Å². The minimum absolute atomic E-state index is 0.143. The Balaban J connectivity index is 2.68. The first-order valence-electron chi connectivity index (χ1n) is 3.20. The number of fused-ring (bicyclic) bond motifs is 1. The zero-order valence-electron chi connectivity index (χ0n) is 5.80. The van der Waals surface area contributed by atoms with Crippen molar-refractivity contribution in [2.75, 3.05) is 0 Å². The third-order valence-corrected chi connectivity index (χ3v) is 1.75. The van der Waals surface area contributed by atoms with E-state index in [0.717, 1.165) is 0 Å². The Morgan fingerprint density at radius 2 is 2.08 bits per heavy atom. The van der Waals surface area contributed by atoms with Gasteiger partial charge in [0.05, 0.1) is 10.6 Å². The van der Waals surface area contributed by atoms with Gasteiger partial charge in [0, 0.05) is 6.20 Å². The van der Waals surface area contributed by atoms with E-state index in [2.05, 4.69) is 10.3 Å². The molecule has 12 heavy (non-hydrogen) atoms. The molecule has 2 heterocycles. The summed E-state index contributed by atoms with van der Waals surface area (Å²) in [5, 5.41) is 2.46. The third kappa shape index (κ3) is 0.887. The van der Waals surface area contributed by atoms with Crippen molar-refractivity contribution >= 4 is 23.4 Å². The fraction of sp³-hybridized carbons (Fsp3) is 0. The van der Waals surface area contributed by atoms with Crippen LogP contribution in [0.15, 0.2) is 12.3 Å². The van der Waals surface area contributed by atoms with Crippen LogP contribution in [-0.2, 0) is 0 Å². The number of nitrogens with one attached hydrogen (secondary N) is 1. The highest BCUT2D eigenvalue weighted by molar-refractivity contribution is 6.31. The number of pyridine rings is 1. The van der Waals surface area contributed by atoms with Crippen LogP contribution in [0.25, 0.3) is 0 Å². The molecule has 1 N–H and O–H groups in total. The first kappa shape index (κ1) is 7.24. The first-order chi connectivity index (χ1) is 5.68. The van der Waals surface area contributed by atoms with E-state index >= 15 is 0 Å². The third-order valence-electron chi connectivity index (χ3n) is 1.54. The van der Waals surface area contributed by atoms with Gasteiger partial charge in [0.1, 0.15) is 5.69 Å². The average Bonchev–Trinajstić information content (AvgIpc) is 2.28. The highest BCUT2D eigenvalue weighted by Gasteiger charge is 2.27. The maximum absolute atomic E-state index is 11.0. The Bertz CT molecular complexity index is 389. The first-order valence-corrected chi connectivity index (χ1v) is 3.57. The standard InChI is InChI=1S/C7H3ClN2O2/c8-3-1-4-5(9-2-3)7(12)10-6(4)11/h1-2H,(H,10,11,12). The van der Waals surface area contributed by atoms with Crippen molar-refractivity contribution in [2.24, 2.45) is 0 Å². The van der Waals surface area contributed by atoms with Crippen molar-refractivity contribution in [2.45, 2.75) is 0 Å². The van der Waals surface area contributed by atoms with Crippen molar-refractivity contribution in [1.82, 2.24) is 10.3 Å². The molecule has 0 unspecified atom stereocenters. The van der Waals surface area contributed by atoms with Crippen molar-refractivity contribution in [3.8, 4) is 0 Å². The lowest BCUT2D eigenvalue weighted by Gasteiger charge is -1.91. The number of nitrogens with zero attached hydrogens (tertiary/aromatic N) is 1. The number of carbonyl (C=O) groups is 2. The van der Waals surface area contributed by atoms with Gasteiger partial charge in [-0.3, -0.25) is 14.9 Å². The number of carbonyl (C=O) groups excluding carboxylic acids is 2. The van der Waals surface area contributed by atoms with Gasteiger partial charge < -0.3 is 0 Å². The van der Waals surface area contributed by atoms with E-state index in [1.807, 2.05) is 0 Å². The van der Waals surface area contributed by atoms with Gasteiger partial charge in [0.15, 0.2) is 0 Å². The zero-order chi connectivity index (χ0) is 8.72. The number of hydrogen-bond donors (Lipinski definition) is 1. The maximum Gasteiger partial charge on any atom is 0.277 e. The summed E-state index contributed by atoms with van der Waals surface area (Å²) in [5.41, 5.74) is 0.386. The molecule has 5 heteroatoms. The summed E-state index contributed by atoms with van der Waals surface area (Å²) in [7, 11) is 0. The molecule has 1 aromatic heterocycles. The van der Waals surface area contributed by atoms with Crippen LogP contribution in [0, 0.1) is 0 Å². The predicted octanol–water partition coefficient (Wildman–Crippen LogP) is 0.619. The van der Waals surface area contributed by atoms with E-state index in [1.165, 1.54) is 12.3 Å². The van der Waals surface area contributed by atoms with Crippen LogP contribution in [0.5, 0.6) is 0 Å². The predicted molar refractivity (Wildman–Crippen MR) is 41.0 cm³/mol. The summed E-state index contributed by atoms with van der Waals surface area (Å²) in [5.74, 6) is -0.906. The lowest BCUT2D eigenvalue weighted by molar-refractivity contribution is 0.0878. The molecule has 0 saturated carbocycles. The number of imide groups is 1. The minimum Gasteiger partial charge on any atom is -0.287 e. The highest BCUT2D eigenvalue weighted by Crippen LogP contribution is 2.16. The van der Waals surface area contributed by atoms with Crippen LogP contribution >= 0.6 is 11.6 Å². The van der Waals surface area contributed by atoms with Gasteiger partial charge in [-0.05, 0) is 6.07 Å². The molecule has 0 aliphatic carbocycles. The quantitative estimate of drug-likeness (QED) is 0.599. The molecule has 0 spiro atoms. The molecule has 1 aliphatic heterocycles. The van der Waals surface area contributed by atoms with Crippen LogP contribution in [0.2, 0.25) is 5.02 Å². The molecular formula is C7H3ClN2O2. The van der Waals surface area contributed by atoms with Gasteiger partial charge in [0.2, 0.25) is 0 Å². The van der Waals surface area contributed by atoms with Gasteiger partial charge >= 0.3 is 0 Å². The summed E-state index contributed by atoms with van der Waals surface area (Å²) in [6.07, 6.45) is 1.33. The van der Waals surface area contributed by atoms with Crippen LogP contribution in [-0.4, -0.2) is 16.8 Å². The molecule has 1 aliphatic rings. The van der Waals surface area contributed by atoms with Crippen LogP contribution in [0.3, 0.4) is 0 Å². The Labute approximate surface area is 72.6 Å². The van der Waals surface area contributed by atoms with E-state index in [9.17, 15) is 9.59 Å². The Morgan fingerprint density at radius 1 is 1.33 bits per heavy atom. The number of amides is 2. The maximum atomic E-state index is 11.0. The summed E-state index contributed by atoms with van der Waals surface area (Å²) < 4.78 is 0. The molecule has 4 nitrogen and oxygen atoms in total. The summed E-state index contributed by atoms with van der Waals surface area (Å²) in [6, 6.07) is 1.42. The molecule has 0 atom stereocenters. The molecule has 60 valence electrons. The summed E-state index contributed by atoms with van der Waals surface area (Å²) in [6.45, 7) is 0. The fourth-order valence-corrected chi connectivity index (χ4v) is 1.18. The van der Waals surface area contributed by atoms with Crippen molar-refractivity contribution in [1.29, 1.82) is 0 Å². The lowest BCUT2D eigenvalue weighted by Crippen LogP contribution is -2.20. The van der Waals surface area contributed by atoms with E-state index < -0.39 is 11.8 Å². The average molecular weight is 183 g/mol. The molecule has 1 aromatic rings. The van der Waals surface area contributed by atoms with Crippen molar-refractivity contribution in [3.63, 3.8) is 0 Å². The Hall–Kier alpha value is -1.42. The zero-order valence-corrected chi connectivity index (χ0v) is 6.55. The second-order valence-corrected chi connectivity index (χ2v) is 2.77. The highest BCUT2D eigenvalue weighted by atomic mass is 35.5. The second-order valence-electron chi connectivity index (χ2n) is 2.33. The number of halogens is 1. The lowest BCUT2D eigenvalue weighted by atomic mass is 10.2. The molecule has 0 saturated heterocycles. The monoisotopic (exact) mass is 182 g/mol. The van der Waals surface area contributed by atoms with Gasteiger partial charge in [-0.1, -0.05) is 11.6 Å². The van der Waals surface area contributed by atoms with E-state index in [-0.39, 0.29) is 11.3 Å². The molecule has 0 bridgehead atoms. The number of rotatable bonds is 0. The van der Waals surface area contributed by atoms with Gasteiger partial charge in [-0.2, -0.15) is 0 Å². The fourth-order valence-electron chi connectivity index (χ4n) is 1.02. The summed E-state index contributed by atoms with van der Waals surface area (Å²) >= 11 is 5.58. The molecule has 0 radical (unpaired) electrons. The van der Waals surface area contributed by atoms with Crippen molar-refractivity contribution in [3.05, 3.63) is 28.5 Å². The van der Waals surface area contributed by atoms with Crippen LogP contribution in [0.4, 0.5) is 0 Å². The SMILES string of the molecule is O=C1NC(=O)c2ncc(Cl)cc21. The normalized spacial score (nSPS) is 14.4. The molecule has 0 fully saturated rings. The van der Waals surface area contributed by atoms with Gasteiger partial charge in [-0.15, -0.1) is 0 Å². The molecule has 2 amide bonds. The molecule has 0 aromatic carbocycles. The Morgan fingerprint density at radius 3 is 2.83 bits per heavy atom. The molecular weight excluding hydrogens is 180 g/mol. The van der Waals surface area contributed by atoms with Crippen LogP contribution in [0.1, 0.15) is 20.8 Å². The smallest absolute Gasteiger partial charge is 0.277 e. The molecule has 2 rings (SSSR count). The largest absolute Gasteiger partial charge is 0.287 e. The van der Waals surface area contributed by atoms with Gasteiger partial charge in [0.25, 0.3) is 11.8 Å². The van der Waals surface area contributed by atoms with Crippen LogP contribution < -0.4 is 5.32 Å². The topological polar surface area (TPSA) is 59.1 Å². The second kappa shape index (κ2) is 2.28. The van der Waals surface area contributed by atoms with E-state index in [0.29, 0.717) is 5.02 Å².